The molecule has 0 spiro atoms. The van der Waals surface area contributed by atoms with Crippen molar-refractivity contribution in [3.05, 3.63) is 58.9 Å². The number of benzene rings is 2. The van der Waals surface area contributed by atoms with E-state index in [0.717, 1.165) is 0 Å². The Bertz CT molecular complexity index is 978. The zero-order valence-electron chi connectivity index (χ0n) is 16.8. The topological polar surface area (TPSA) is 69.7 Å². The molecule has 8 heteroatoms. The summed E-state index contributed by atoms with van der Waals surface area (Å²) in [6, 6.07) is 10.7. The highest BCUT2D eigenvalue weighted by Gasteiger charge is 2.36. The van der Waals surface area contributed by atoms with Crippen LogP contribution < -0.4 is 10.2 Å². The lowest BCUT2D eigenvalue weighted by Gasteiger charge is -2.20. The SMILES string of the molecule is CCN(CC)C(=O)c1ccc(NC(=O)C2CC(=O)N(c3ccccc3F)C2)cc1Cl. The van der Waals surface area contributed by atoms with E-state index in [-0.39, 0.29) is 41.4 Å². The van der Waals surface area contributed by atoms with Gasteiger partial charge in [0.15, 0.2) is 0 Å². The van der Waals surface area contributed by atoms with Gasteiger partial charge in [-0.3, -0.25) is 14.4 Å². The Morgan fingerprint density at radius 2 is 1.90 bits per heavy atom. The Morgan fingerprint density at radius 3 is 2.53 bits per heavy atom. The maximum absolute atomic E-state index is 14.0. The van der Waals surface area contributed by atoms with Gasteiger partial charge in [-0.15, -0.1) is 0 Å². The van der Waals surface area contributed by atoms with Crippen LogP contribution in [0.25, 0.3) is 0 Å². The van der Waals surface area contributed by atoms with Gasteiger partial charge in [0.25, 0.3) is 5.91 Å². The number of nitrogens with zero attached hydrogens (tertiary/aromatic N) is 2. The third kappa shape index (κ3) is 4.46. The van der Waals surface area contributed by atoms with E-state index < -0.39 is 11.7 Å². The summed E-state index contributed by atoms with van der Waals surface area (Å²) >= 11 is 6.27. The molecule has 3 rings (SSSR count). The van der Waals surface area contributed by atoms with Crippen molar-refractivity contribution in [1.29, 1.82) is 0 Å². The van der Waals surface area contributed by atoms with Crippen molar-refractivity contribution in [3.8, 4) is 0 Å². The van der Waals surface area contributed by atoms with Gasteiger partial charge in [-0.2, -0.15) is 0 Å². The molecule has 1 fully saturated rings. The number of halogens is 2. The Hall–Kier alpha value is -2.93. The fourth-order valence-corrected chi connectivity index (χ4v) is 3.74. The normalized spacial score (nSPS) is 15.9. The number of para-hydroxylation sites is 1. The summed E-state index contributed by atoms with van der Waals surface area (Å²) < 4.78 is 14.0. The summed E-state index contributed by atoms with van der Waals surface area (Å²) in [5, 5.41) is 2.97. The van der Waals surface area contributed by atoms with Gasteiger partial charge in [-0.05, 0) is 44.2 Å². The molecular formula is C22H23ClFN3O3. The van der Waals surface area contributed by atoms with Crippen molar-refractivity contribution in [1.82, 2.24) is 4.90 Å². The van der Waals surface area contributed by atoms with E-state index in [2.05, 4.69) is 5.32 Å². The molecule has 3 amide bonds. The minimum absolute atomic E-state index is 0.00751. The Morgan fingerprint density at radius 1 is 1.20 bits per heavy atom. The molecule has 0 aromatic heterocycles. The lowest BCUT2D eigenvalue weighted by Crippen LogP contribution is -2.30. The van der Waals surface area contributed by atoms with Crippen LogP contribution in [0.3, 0.4) is 0 Å². The van der Waals surface area contributed by atoms with Gasteiger partial charge in [0.05, 0.1) is 22.2 Å². The summed E-state index contributed by atoms with van der Waals surface area (Å²) in [6.07, 6.45) is -0.00751. The predicted molar refractivity (Wildman–Crippen MR) is 114 cm³/mol. The van der Waals surface area contributed by atoms with E-state index in [1.807, 2.05) is 13.8 Å². The molecule has 0 saturated carbocycles. The van der Waals surface area contributed by atoms with Crippen LogP contribution >= 0.6 is 11.6 Å². The van der Waals surface area contributed by atoms with Crippen molar-refractivity contribution >= 4 is 40.7 Å². The molecular weight excluding hydrogens is 409 g/mol. The third-order valence-corrected chi connectivity index (χ3v) is 5.47. The Labute approximate surface area is 179 Å². The maximum Gasteiger partial charge on any atom is 0.255 e. The summed E-state index contributed by atoms with van der Waals surface area (Å²) in [4.78, 5) is 40.4. The van der Waals surface area contributed by atoms with Gasteiger partial charge >= 0.3 is 0 Å². The second-order valence-corrected chi connectivity index (χ2v) is 7.43. The molecule has 0 aliphatic carbocycles. The fraction of sp³-hybridized carbons (Fsp3) is 0.318. The van der Waals surface area contributed by atoms with E-state index in [0.29, 0.717) is 24.3 Å². The first kappa shape index (κ1) is 21.8. The van der Waals surface area contributed by atoms with E-state index in [4.69, 9.17) is 11.6 Å². The van der Waals surface area contributed by atoms with Gasteiger partial charge in [-0.25, -0.2) is 4.39 Å². The number of anilines is 2. The molecule has 6 nitrogen and oxygen atoms in total. The van der Waals surface area contributed by atoms with Gasteiger partial charge in [0.1, 0.15) is 5.82 Å². The molecule has 2 aromatic carbocycles. The van der Waals surface area contributed by atoms with Gasteiger partial charge in [-0.1, -0.05) is 23.7 Å². The Balaban J connectivity index is 1.69. The van der Waals surface area contributed by atoms with Gasteiger partial charge < -0.3 is 15.1 Å². The number of amides is 3. The van der Waals surface area contributed by atoms with Crippen molar-refractivity contribution in [2.24, 2.45) is 5.92 Å². The second-order valence-electron chi connectivity index (χ2n) is 7.02. The predicted octanol–water partition coefficient (Wildman–Crippen LogP) is 3.95. The largest absolute Gasteiger partial charge is 0.339 e. The molecule has 0 radical (unpaired) electrons. The average molecular weight is 432 g/mol. The molecule has 30 heavy (non-hydrogen) atoms. The fourth-order valence-electron chi connectivity index (χ4n) is 3.48. The molecule has 158 valence electrons. The number of hydrogen-bond acceptors (Lipinski definition) is 3. The number of carbonyl (C=O) groups excluding carboxylic acids is 3. The van der Waals surface area contributed by atoms with E-state index >= 15 is 0 Å². The van der Waals surface area contributed by atoms with Crippen LogP contribution in [-0.2, 0) is 9.59 Å². The lowest BCUT2D eigenvalue weighted by molar-refractivity contribution is -0.122. The van der Waals surface area contributed by atoms with Crippen LogP contribution in [0.5, 0.6) is 0 Å². The highest BCUT2D eigenvalue weighted by atomic mass is 35.5. The molecule has 1 unspecified atom stereocenters. The number of hydrogen-bond donors (Lipinski definition) is 1. The van der Waals surface area contributed by atoms with Crippen molar-refractivity contribution in [3.63, 3.8) is 0 Å². The first-order chi connectivity index (χ1) is 14.3. The maximum atomic E-state index is 14.0. The van der Waals surface area contributed by atoms with E-state index in [1.165, 1.54) is 23.1 Å². The van der Waals surface area contributed by atoms with Gasteiger partial charge in [0.2, 0.25) is 11.8 Å². The Kier molecular flexibility index (Phi) is 6.72. The number of carbonyl (C=O) groups is 3. The zero-order valence-corrected chi connectivity index (χ0v) is 17.6. The lowest BCUT2D eigenvalue weighted by atomic mass is 10.1. The average Bonchev–Trinajstić information content (AvgIpc) is 3.11. The highest BCUT2D eigenvalue weighted by molar-refractivity contribution is 6.34. The van der Waals surface area contributed by atoms with Crippen LogP contribution in [-0.4, -0.2) is 42.3 Å². The van der Waals surface area contributed by atoms with Gasteiger partial charge in [0, 0.05) is 31.7 Å². The summed E-state index contributed by atoms with van der Waals surface area (Å²) in [5.41, 5.74) is 0.957. The molecule has 0 bridgehead atoms. The number of nitrogens with one attached hydrogen (secondary N) is 1. The quantitative estimate of drug-likeness (QED) is 0.752. The molecule has 2 aromatic rings. The first-order valence-corrected chi connectivity index (χ1v) is 10.2. The second kappa shape index (κ2) is 9.26. The minimum Gasteiger partial charge on any atom is -0.339 e. The summed E-state index contributed by atoms with van der Waals surface area (Å²) in [6.45, 7) is 5.00. The zero-order chi connectivity index (χ0) is 21.8. The highest BCUT2D eigenvalue weighted by Crippen LogP contribution is 2.29. The molecule has 1 aliphatic rings. The molecule has 1 atom stereocenters. The van der Waals surface area contributed by atoms with E-state index in [9.17, 15) is 18.8 Å². The molecule has 1 heterocycles. The molecule has 1 saturated heterocycles. The van der Waals surface area contributed by atoms with E-state index in [1.54, 1.807) is 29.2 Å². The van der Waals surface area contributed by atoms with Crippen LogP contribution in [0, 0.1) is 11.7 Å². The van der Waals surface area contributed by atoms with Crippen molar-refractivity contribution in [2.45, 2.75) is 20.3 Å². The standard InChI is InChI=1S/C22H23ClFN3O3/c1-3-26(4-2)22(30)16-10-9-15(12-17(16)23)25-21(29)14-11-20(28)27(13-14)19-8-6-5-7-18(19)24/h5-10,12,14H,3-4,11,13H2,1-2H3,(H,25,29). The van der Waals surface area contributed by atoms with Crippen LogP contribution in [0.2, 0.25) is 5.02 Å². The molecule has 1 aliphatic heterocycles. The van der Waals surface area contributed by atoms with Crippen LogP contribution in [0.15, 0.2) is 42.5 Å². The first-order valence-electron chi connectivity index (χ1n) is 9.80. The molecule has 1 N–H and O–H groups in total. The smallest absolute Gasteiger partial charge is 0.255 e. The van der Waals surface area contributed by atoms with Crippen LogP contribution in [0.1, 0.15) is 30.6 Å². The van der Waals surface area contributed by atoms with Crippen molar-refractivity contribution < 1.29 is 18.8 Å². The summed E-state index contributed by atoms with van der Waals surface area (Å²) in [7, 11) is 0. The minimum atomic E-state index is -0.618. The monoisotopic (exact) mass is 431 g/mol. The number of rotatable bonds is 6. The summed E-state index contributed by atoms with van der Waals surface area (Å²) in [5.74, 6) is -1.97. The van der Waals surface area contributed by atoms with Crippen molar-refractivity contribution in [2.75, 3.05) is 29.9 Å². The third-order valence-electron chi connectivity index (χ3n) is 5.16. The van der Waals surface area contributed by atoms with Crippen LogP contribution in [0.4, 0.5) is 15.8 Å².